The normalized spacial score (nSPS) is 32.8. The third-order valence-electron chi connectivity index (χ3n) is 4.54. The van der Waals surface area contributed by atoms with Gasteiger partial charge in [0.15, 0.2) is 0 Å². The average molecular weight is 497 g/mol. The molecule has 0 N–H and O–H groups in total. The van der Waals surface area contributed by atoms with Gasteiger partial charge in [0.05, 0.1) is 18.0 Å². The topological polar surface area (TPSA) is 18.5 Å². The zero-order chi connectivity index (χ0) is 16.0. The molecule has 0 radical (unpaired) electrons. The van der Waals surface area contributed by atoms with Crippen LogP contribution in [0.5, 0.6) is 0 Å². The van der Waals surface area contributed by atoms with Gasteiger partial charge < -0.3 is 9.47 Å². The van der Waals surface area contributed by atoms with Crippen molar-refractivity contribution in [2.45, 2.75) is 46.5 Å². The molecule has 1 saturated carbocycles. The van der Waals surface area contributed by atoms with Gasteiger partial charge in [-0.2, -0.15) is 0 Å². The van der Waals surface area contributed by atoms with Crippen molar-refractivity contribution in [3.63, 3.8) is 0 Å². The van der Waals surface area contributed by atoms with E-state index >= 15 is 0 Å². The van der Waals surface area contributed by atoms with Crippen molar-refractivity contribution in [2.24, 2.45) is 5.41 Å². The highest BCUT2D eigenvalue weighted by molar-refractivity contribution is 9.25. The maximum absolute atomic E-state index is 6.27. The Balaban J connectivity index is 1.84. The molecule has 122 valence electrons. The van der Waals surface area contributed by atoms with Crippen LogP contribution in [0.1, 0.15) is 38.2 Å². The van der Waals surface area contributed by atoms with Crippen LogP contribution in [-0.4, -0.2) is 27.1 Å². The Hall–Kier alpha value is 0.580. The minimum absolute atomic E-state index is 0.0598. The predicted octanol–water partition coefficient (Wildman–Crippen LogP) is 5.58. The lowest BCUT2D eigenvalue weighted by Gasteiger charge is -2.55. The molecule has 2 atom stereocenters. The molecule has 1 aliphatic carbocycles. The summed E-state index contributed by atoms with van der Waals surface area (Å²) in [6.45, 7) is 5.74. The minimum Gasteiger partial charge on any atom is -0.346 e. The van der Waals surface area contributed by atoms with Crippen LogP contribution in [0.3, 0.4) is 0 Å². The maximum atomic E-state index is 6.27. The van der Waals surface area contributed by atoms with Crippen LogP contribution < -0.4 is 0 Å². The van der Waals surface area contributed by atoms with Crippen LogP contribution in [0, 0.1) is 5.41 Å². The van der Waals surface area contributed by atoms with Crippen molar-refractivity contribution in [3.8, 4) is 0 Å². The molecule has 2 aliphatic rings. The van der Waals surface area contributed by atoms with Gasteiger partial charge in [-0.05, 0) is 24.3 Å². The highest BCUT2D eigenvalue weighted by Gasteiger charge is 2.62. The number of hydrogen-bond acceptors (Lipinski definition) is 2. The molecule has 0 bridgehead atoms. The van der Waals surface area contributed by atoms with Crippen molar-refractivity contribution in [3.05, 3.63) is 35.9 Å². The van der Waals surface area contributed by atoms with Crippen molar-refractivity contribution >= 4 is 47.8 Å². The summed E-state index contributed by atoms with van der Waals surface area (Å²) >= 11 is 11.6. The van der Waals surface area contributed by atoms with E-state index in [1.54, 1.807) is 0 Å². The molecular formula is C17H21Br3O2. The van der Waals surface area contributed by atoms with E-state index in [0.717, 1.165) is 12.8 Å². The molecule has 22 heavy (non-hydrogen) atoms. The van der Waals surface area contributed by atoms with Gasteiger partial charge >= 0.3 is 0 Å². The molecule has 0 aromatic heterocycles. The molecule has 1 spiro atoms. The van der Waals surface area contributed by atoms with E-state index in [1.165, 1.54) is 5.56 Å². The predicted molar refractivity (Wildman–Crippen MR) is 100 cm³/mol. The number of halogens is 3. The zero-order valence-electron chi connectivity index (χ0n) is 12.8. The molecule has 1 aromatic rings. The number of alkyl halides is 3. The molecule has 3 rings (SSSR count). The molecular weight excluding hydrogens is 476 g/mol. The molecule has 5 heteroatoms. The van der Waals surface area contributed by atoms with E-state index < -0.39 is 9.02 Å². The largest absolute Gasteiger partial charge is 0.346 e. The summed E-state index contributed by atoms with van der Waals surface area (Å²) in [6.07, 6.45) is 1.91. The van der Waals surface area contributed by atoms with Crippen molar-refractivity contribution in [1.29, 1.82) is 0 Å². The number of hydrogen-bond donors (Lipinski definition) is 0. The second-order valence-corrected chi connectivity index (χ2v) is 12.0. The van der Waals surface area contributed by atoms with Gasteiger partial charge in [0.2, 0.25) is 5.79 Å². The SMILES string of the molecule is CC1(C)COC2(OC1)C(Br)CC(c1ccccc1)CC2(Br)Br. The molecule has 0 amide bonds. The summed E-state index contributed by atoms with van der Waals surface area (Å²) in [6, 6.07) is 10.7. The summed E-state index contributed by atoms with van der Waals surface area (Å²) in [4.78, 5) is 0.119. The summed E-state index contributed by atoms with van der Waals surface area (Å²) in [5, 5.41) is 0. The second-order valence-electron chi connectivity index (χ2n) is 7.13. The zero-order valence-corrected chi connectivity index (χ0v) is 17.6. The quantitative estimate of drug-likeness (QED) is 0.472. The first-order chi connectivity index (χ1) is 10.3. The van der Waals surface area contributed by atoms with E-state index in [0.29, 0.717) is 19.1 Å². The lowest BCUT2D eigenvalue weighted by atomic mass is 9.79. The Morgan fingerprint density at radius 2 is 1.64 bits per heavy atom. The van der Waals surface area contributed by atoms with Crippen LogP contribution in [0.15, 0.2) is 30.3 Å². The third-order valence-corrected chi connectivity index (χ3v) is 7.27. The van der Waals surface area contributed by atoms with E-state index in [1.807, 2.05) is 0 Å². The number of rotatable bonds is 1. The van der Waals surface area contributed by atoms with Crippen molar-refractivity contribution < 1.29 is 9.47 Å². The van der Waals surface area contributed by atoms with Gasteiger partial charge in [-0.1, -0.05) is 92.0 Å². The average Bonchev–Trinajstić information content (AvgIpc) is 2.46. The molecule has 2 unspecified atom stereocenters. The van der Waals surface area contributed by atoms with E-state index in [9.17, 15) is 0 Å². The fourth-order valence-corrected chi connectivity index (χ4v) is 6.74. The smallest absolute Gasteiger partial charge is 0.206 e. The molecule has 1 saturated heterocycles. The molecule has 1 aliphatic heterocycles. The van der Waals surface area contributed by atoms with E-state index in [-0.39, 0.29) is 10.2 Å². The first-order valence-corrected chi connectivity index (χ1v) is 10.1. The van der Waals surface area contributed by atoms with Crippen molar-refractivity contribution in [2.75, 3.05) is 13.2 Å². The van der Waals surface area contributed by atoms with E-state index in [2.05, 4.69) is 92.0 Å². The van der Waals surface area contributed by atoms with Crippen molar-refractivity contribution in [1.82, 2.24) is 0 Å². The molecule has 2 nitrogen and oxygen atoms in total. The Morgan fingerprint density at radius 1 is 1.05 bits per heavy atom. The van der Waals surface area contributed by atoms with E-state index in [4.69, 9.17) is 9.47 Å². The molecule has 1 aromatic carbocycles. The first kappa shape index (κ1) is 17.4. The second kappa shape index (κ2) is 6.14. The molecule has 1 heterocycles. The first-order valence-electron chi connectivity index (χ1n) is 7.61. The Kier molecular flexibility index (Phi) is 4.86. The van der Waals surface area contributed by atoms with Gasteiger partial charge in [-0.15, -0.1) is 0 Å². The van der Waals surface area contributed by atoms with Gasteiger partial charge in [-0.25, -0.2) is 0 Å². The van der Waals surface area contributed by atoms with Crippen LogP contribution >= 0.6 is 47.8 Å². The number of benzene rings is 1. The highest BCUT2D eigenvalue weighted by atomic mass is 79.9. The van der Waals surface area contributed by atoms with Gasteiger partial charge in [0, 0.05) is 5.41 Å². The lowest BCUT2D eigenvalue weighted by molar-refractivity contribution is -0.306. The van der Waals surface area contributed by atoms with Gasteiger partial charge in [-0.3, -0.25) is 0 Å². The Labute approximate surface area is 157 Å². The third kappa shape index (κ3) is 3.08. The summed E-state index contributed by atoms with van der Waals surface area (Å²) < 4.78 is 12.1. The summed E-state index contributed by atoms with van der Waals surface area (Å²) in [5.41, 5.74) is 1.42. The Morgan fingerprint density at radius 3 is 2.18 bits per heavy atom. The van der Waals surface area contributed by atoms with Crippen LogP contribution in [0.25, 0.3) is 0 Å². The van der Waals surface area contributed by atoms with Gasteiger partial charge in [0.25, 0.3) is 0 Å². The van der Waals surface area contributed by atoms with Crippen LogP contribution in [0.4, 0.5) is 0 Å². The summed E-state index contributed by atoms with van der Waals surface area (Å²) in [5.74, 6) is -0.217. The van der Waals surface area contributed by atoms with Crippen LogP contribution in [-0.2, 0) is 9.47 Å². The Bertz CT molecular complexity index is 520. The number of ether oxygens (including phenoxy) is 2. The minimum atomic E-state index is -0.673. The standard InChI is InChI=1S/C17H21Br3O2/c1-15(2)10-21-17(22-11-15)14(18)8-13(9-16(17,19)20)12-6-4-3-5-7-12/h3-7,13-14H,8-11H2,1-2H3. The summed E-state index contributed by atoms with van der Waals surface area (Å²) in [7, 11) is 0. The fraction of sp³-hybridized carbons (Fsp3) is 0.647. The maximum Gasteiger partial charge on any atom is 0.206 e. The fourth-order valence-electron chi connectivity index (χ4n) is 3.23. The lowest BCUT2D eigenvalue weighted by Crippen LogP contribution is -2.64. The highest BCUT2D eigenvalue weighted by Crippen LogP contribution is 2.58. The monoisotopic (exact) mass is 494 g/mol. The van der Waals surface area contributed by atoms with Crippen LogP contribution in [0.2, 0.25) is 0 Å². The molecule has 2 fully saturated rings. The van der Waals surface area contributed by atoms with Gasteiger partial charge in [0.1, 0.15) is 3.23 Å².